The second-order valence-electron chi connectivity index (χ2n) is 5.67. The molecule has 0 spiro atoms. The van der Waals surface area contributed by atoms with Gasteiger partial charge in [0.15, 0.2) is 5.82 Å². The van der Waals surface area contributed by atoms with E-state index in [-0.39, 0.29) is 5.41 Å². The van der Waals surface area contributed by atoms with Gasteiger partial charge in [-0.05, 0) is 24.8 Å². The molecule has 0 unspecified atom stereocenters. The highest BCUT2D eigenvalue weighted by Crippen LogP contribution is 2.25. The van der Waals surface area contributed by atoms with Crippen LogP contribution in [0.15, 0.2) is 30.3 Å². The van der Waals surface area contributed by atoms with E-state index in [9.17, 15) is 0 Å². The predicted octanol–water partition coefficient (Wildman–Crippen LogP) is 2.78. The summed E-state index contributed by atoms with van der Waals surface area (Å²) in [5.41, 5.74) is 6.93. The third kappa shape index (κ3) is 3.89. The Balaban J connectivity index is 1.99. The number of nitrogens with one attached hydrogen (secondary N) is 1. The molecule has 3 N–H and O–H groups in total. The van der Waals surface area contributed by atoms with Gasteiger partial charge in [-0.3, -0.25) is 5.10 Å². The number of hydrogen-bond donors (Lipinski definition) is 2. The van der Waals surface area contributed by atoms with Crippen LogP contribution in [0.1, 0.15) is 32.5 Å². The molecule has 2 rings (SSSR count). The number of aromatic amines is 1. The second-order valence-corrected chi connectivity index (χ2v) is 5.67. The van der Waals surface area contributed by atoms with Crippen LogP contribution in [0.5, 0.6) is 0 Å². The van der Waals surface area contributed by atoms with Crippen LogP contribution in [0.3, 0.4) is 0 Å². The van der Waals surface area contributed by atoms with Crippen molar-refractivity contribution in [1.82, 2.24) is 15.2 Å². The largest absolute Gasteiger partial charge is 0.330 e. The van der Waals surface area contributed by atoms with E-state index < -0.39 is 0 Å². The summed E-state index contributed by atoms with van der Waals surface area (Å²) in [6, 6.07) is 10.0. The van der Waals surface area contributed by atoms with E-state index in [2.05, 4.69) is 29.0 Å². The topological polar surface area (TPSA) is 67.6 Å². The number of aryl methyl sites for hydroxylation is 1. The molecule has 0 saturated heterocycles. The summed E-state index contributed by atoms with van der Waals surface area (Å²) in [5, 5.41) is 7.30. The summed E-state index contributed by atoms with van der Waals surface area (Å²) < 4.78 is 0. The maximum atomic E-state index is 5.63. The molecule has 0 amide bonds. The van der Waals surface area contributed by atoms with E-state index in [1.54, 1.807) is 0 Å². The fourth-order valence-corrected chi connectivity index (χ4v) is 2.10. The fraction of sp³-hybridized carbons (Fsp3) is 0.467. The molecule has 0 bridgehead atoms. The van der Waals surface area contributed by atoms with Crippen molar-refractivity contribution in [3.8, 4) is 11.4 Å². The van der Waals surface area contributed by atoms with Crippen molar-refractivity contribution in [2.45, 2.75) is 33.1 Å². The monoisotopic (exact) mass is 258 g/mol. The molecule has 0 aliphatic heterocycles. The van der Waals surface area contributed by atoms with Crippen molar-refractivity contribution in [2.75, 3.05) is 6.54 Å². The number of hydrogen-bond acceptors (Lipinski definition) is 3. The normalized spacial score (nSPS) is 11.7. The maximum Gasteiger partial charge on any atom is 0.181 e. The molecule has 102 valence electrons. The molecule has 1 heterocycles. The van der Waals surface area contributed by atoms with Crippen LogP contribution in [-0.2, 0) is 6.42 Å². The number of H-pyrrole nitrogens is 1. The van der Waals surface area contributed by atoms with Gasteiger partial charge in [0.05, 0.1) is 0 Å². The van der Waals surface area contributed by atoms with Gasteiger partial charge in [-0.25, -0.2) is 4.98 Å². The highest BCUT2D eigenvalue weighted by molar-refractivity contribution is 5.53. The summed E-state index contributed by atoms with van der Waals surface area (Å²) in [4.78, 5) is 4.55. The molecule has 0 aliphatic rings. The molecule has 0 radical (unpaired) electrons. The number of nitrogens with zero attached hydrogens (tertiary/aromatic N) is 2. The van der Waals surface area contributed by atoms with Crippen molar-refractivity contribution in [2.24, 2.45) is 11.1 Å². The zero-order valence-electron chi connectivity index (χ0n) is 11.7. The number of benzene rings is 1. The highest BCUT2D eigenvalue weighted by atomic mass is 15.2. The van der Waals surface area contributed by atoms with E-state index in [4.69, 9.17) is 5.73 Å². The van der Waals surface area contributed by atoms with Crippen LogP contribution in [0.4, 0.5) is 0 Å². The van der Waals surface area contributed by atoms with E-state index in [0.29, 0.717) is 0 Å². The van der Waals surface area contributed by atoms with E-state index in [1.165, 1.54) is 0 Å². The first kappa shape index (κ1) is 13.7. The minimum absolute atomic E-state index is 0.258. The first-order valence-electron chi connectivity index (χ1n) is 6.77. The Morgan fingerprint density at radius 3 is 2.58 bits per heavy atom. The zero-order valence-corrected chi connectivity index (χ0v) is 11.7. The van der Waals surface area contributed by atoms with Crippen molar-refractivity contribution in [3.63, 3.8) is 0 Å². The number of aromatic nitrogens is 3. The Kier molecular flexibility index (Phi) is 4.32. The average molecular weight is 258 g/mol. The Labute approximate surface area is 114 Å². The van der Waals surface area contributed by atoms with Crippen LogP contribution in [0, 0.1) is 5.41 Å². The molecule has 0 fully saturated rings. The zero-order chi connectivity index (χ0) is 13.7. The van der Waals surface area contributed by atoms with Crippen molar-refractivity contribution >= 4 is 0 Å². The van der Waals surface area contributed by atoms with Gasteiger partial charge >= 0.3 is 0 Å². The summed E-state index contributed by atoms with van der Waals surface area (Å²) in [6.07, 6.45) is 3.01. The van der Waals surface area contributed by atoms with E-state index in [0.717, 1.165) is 43.0 Å². The summed E-state index contributed by atoms with van der Waals surface area (Å²) in [7, 11) is 0. The van der Waals surface area contributed by atoms with Gasteiger partial charge in [0.2, 0.25) is 0 Å². The van der Waals surface area contributed by atoms with Crippen molar-refractivity contribution in [1.29, 1.82) is 0 Å². The highest BCUT2D eigenvalue weighted by Gasteiger charge is 2.17. The summed E-state index contributed by atoms with van der Waals surface area (Å²) >= 11 is 0. The summed E-state index contributed by atoms with van der Waals surface area (Å²) in [6.45, 7) is 5.22. The lowest BCUT2D eigenvalue weighted by atomic mass is 9.84. The van der Waals surface area contributed by atoms with Crippen molar-refractivity contribution in [3.05, 3.63) is 36.2 Å². The molecule has 0 saturated carbocycles. The molecule has 0 aliphatic carbocycles. The average Bonchev–Trinajstić information content (AvgIpc) is 2.86. The minimum Gasteiger partial charge on any atom is -0.330 e. The minimum atomic E-state index is 0.258. The Morgan fingerprint density at radius 1 is 1.16 bits per heavy atom. The lowest BCUT2D eigenvalue weighted by Crippen LogP contribution is -2.18. The molecule has 4 heteroatoms. The lowest BCUT2D eigenvalue weighted by Gasteiger charge is -2.22. The second kappa shape index (κ2) is 5.97. The van der Waals surface area contributed by atoms with Crippen LogP contribution in [-0.4, -0.2) is 21.7 Å². The first-order chi connectivity index (χ1) is 9.11. The van der Waals surface area contributed by atoms with Gasteiger partial charge in [-0.15, -0.1) is 0 Å². The van der Waals surface area contributed by atoms with Gasteiger partial charge in [0, 0.05) is 12.0 Å². The third-order valence-corrected chi connectivity index (χ3v) is 3.42. The van der Waals surface area contributed by atoms with E-state index in [1.807, 2.05) is 30.3 Å². The van der Waals surface area contributed by atoms with Crippen LogP contribution in [0.2, 0.25) is 0 Å². The van der Waals surface area contributed by atoms with Crippen LogP contribution < -0.4 is 5.73 Å². The Hall–Kier alpha value is -1.68. The van der Waals surface area contributed by atoms with Gasteiger partial charge in [0.1, 0.15) is 5.82 Å². The Morgan fingerprint density at radius 2 is 1.89 bits per heavy atom. The fourth-order valence-electron chi connectivity index (χ4n) is 2.10. The van der Waals surface area contributed by atoms with Gasteiger partial charge < -0.3 is 5.73 Å². The standard InChI is InChI=1S/C15H22N4/c1-15(2,10-11-16)9-8-13-17-14(19-18-13)12-6-4-3-5-7-12/h3-7H,8-11,16H2,1-2H3,(H,17,18,19). The molecule has 1 aromatic heterocycles. The predicted molar refractivity (Wildman–Crippen MR) is 77.6 cm³/mol. The van der Waals surface area contributed by atoms with Crippen LogP contribution >= 0.6 is 0 Å². The lowest BCUT2D eigenvalue weighted by molar-refractivity contribution is 0.311. The van der Waals surface area contributed by atoms with Crippen LogP contribution in [0.25, 0.3) is 11.4 Å². The first-order valence-corrected chi connectivity index (χ1v) is 6.77. The smallest absolute Gasteiger partial charge is 0.181 e. The quantitative estimate of drug-likeness (QED) is 0.837. The maximum absolute atomic E-state index is 5.63. The summed E-state index contributed by atoms with van der Waals surface area (Å²) in [5.74, 6) is 1.72. The van der Waals surface area contributed by atoms with Gasteiger partial charge in [-0.2, -0.15) is 5.10 Å². The van der Waals surface area contributed by atoms with E-state index >= 15 is 0 Å². The molecule has 2 aromatic rings. The van der Waals surface area contributed by atoms with Crippen molar-refractivity contribution < 1.29 is 0 Å². The van der Waals surface area contributed by atoms with Gasteiger partial charge in [-0.1, -0.05) is 44.2 Å². The molecule has 0 atom stereocenters. The molecular weight excluding hydrogens is 236 g/mol. The molecular formula is C15H22N4. The number of rotatable bonds is 6. The molecule has 4 nitrogen and oxygen atoms in total. The van der Waals surface area contributed by atoms with Gasteiger partial charge in [0.25, 0.3) is 0 Å². The third-order valence-electron chi connectivity index (χ3n) is 3.42. The molecule has 19 heavy (non-hydrogen) atoms. The molecule has 1 aromatic carbocycles. The SMILES string of the molecule is CC(C)(CCN)CCc1nc(-c2ccccc2)n[nH]1. The number of nitrogens with two attached hydrogens (primary N) is 1. The Bertz CT molecular complexity index is 502.